The van der Waals surface area contributed by atoms with Crippen molar-refractivity contribution in [3.8, 4) is 0 Å². The van der Waals surface area contributed by atoms with Crippen LogP contribution in [-0.4, -0.2) is 10.9 Å². The van der Waals surface area contributed by atoms with Crippen LogP contribution in [0, 0.1) is 6.92 Å². The fourth-order valence-electron chi connectivity index (χ4n) is 1.52. The third-order valence-electron chi connectivity index (χ3n) is 2.47. The van der Waals surface area contributed by atoms with Gasteiger partial charge in [-0.15, -0.1) is 0 Å². The second-order valence-corrected chi connectivity index (χ2v) is 4.75. The monoisotopic (exact) mass is 305 g/mol. The Kier molecular flexibility index (Phi) is 3.62. The van der Waals surface area contributed by atoms with Crippen LogP contribution >= 0.6 is 15.9 Å². The molecule has 1 aromatic carbocycles. The van der Waals surface area contributed by atoms with Crippen LogP contribution < -0.4 is 11.1 Å². The molecule has 0 spiro atoms. The number of aromatic nitrogens is 1. The molecule has 2 rings (SSSR count). The molecule has 1 amide bonds. The molecule has 0 saturated heterocycles. The number of hydrogen-bond acceptors (Lipinski definition) is 3. The fraction of sp³-hybridized carbons (Fsp3) is 0.0769. The molecule has 0 fully saturated rings. The molecule has 4 nitrogen and oxygen atoms in total. The minimum Gasteiger partial charge on any atom is -0.397 e. The lowest BCUT2D eigenvalue weighted by Gasteiger charge is -2.09. The first-order valence-corrected chi connectivity index (χ1v) is 6.14. The van der Waals surface area contributed by atoms with E-state index in [2.05, 4.69) is 26.2 Å². The van der Waals surface area contributed by atoms with Crippen LogP contribution in [-0.2, 0) is 0 Å². The summed E-state index contributed by atoms with van der Waals surface area (Å²) in [6.07, 6.45) is 2.99. The number of benzene rings is 1. The van der Waals surface area contributed by atoms with E-state index in [9.17, 15) is 4.79 Å². The molecular formula is C13H12BrN3O. The quantitative estimate of drug-likeness (QED) is 0.896. The zero-order valence-electron chi connectivity index (χ0n) is 9.77. The van der Waals surface area contributed by atoms with E-state index < -0.39 is 0 Å². The number of nitrogens with one attached hydrogen (secondary N) is 1. The first kappa shape index (κ1) is 12.6. The molecule has 0 unspecified atom stereocenters. The molecule has 0 aliphatic heterocycles. The van der Waals surface area contributed by atoms with Gasteiger partial charge in [0.25, 0.3) is 5.91 Å². The number of carbonyl (C=O) groups is 1. The molecule has 0 atom stereocenters. The van der Waals surface area contributed by atoms with E-state index in [1.165, 1.54) is 12.4 Å². The highest BCUT2D eigenvalue weighted by molar-refractivity contribution is 9.10. The highest BCUT2D eigenvalue weighted by Gasteiger charge is 2.11. The van der Waals surface area contributed by atoms with Crippen LogP contribution in [0.2, 0.25) is 0 Å². The average molecular weight is 306 g/mol. The summed E-state index contributed by atoms with van der Waals surface area (Å²) in [5, 5.41) is 2.80. The molecule has 92 valence electrons. The third kappa shape index (κ3) is 2.68. The van der Waals surface area contributed by atoms with Gasteiger partial charge in [-0.1, -0.05) is 6.07 Å². The second-order valence-electron chi connectivity index (χ2n) is 3.90. The third-order valence-corrected chi connectivity index (χ3v) is 3.13. The largest absolute Gasteiger partial charge is 0.397 e. The van der Waals surface area contributed by atoms with Crippen molar-refractivity contribution in [3.05, 3.63) is 52.3 Å². The fourth-order valence-corrected chi connectivity index (χ4v) is 2.12. The van der Waals surface area contributed by atoms with E-state index in [0.29, 0.717) is 16.9 Å². The Morgan fingerprint density at radius 2 is 2.17 bits per heavy atom. The molecule has 0 radical (unpaired) electrons. The maximum Gasteiger partial charge on any atom is 0.257 e. The van der Waals surface area contributed by atoms with Gasteiger partial charge in [0.1, 0.15) is 0 Å². The normalized spacial score (nSPS) is 10.1. The van der Waals surface area contributed by atoms with Crippen LogP contribution in [0.1, 0.15) is 15.9 Å². The molecule has 0 aliphatic rings. The number of anilines is 2. The van der Waals surface area contributed by atoms with Crippen molar-refractivity contribution in [3.63, 3.8) is 0 Å². The van der Waals surface area contributed by atoms with Gasteiger partial charge in [0.15, 0.2) is 0 Å². The maximum absolute atomic E-state index is 12.0. The van der Waals surface area contributed by atoms with Gasteiger partial charge in [-0.3, -0.25) is 9.78 Å². The lowest BCUT2D eigenvalue weighted by Crippen LogP contribution is -2.14. The molecule has 5 heteroatoms. The number of carbonyl (C=O) groups excluding carboxylic acids is 1. The molecule has 3 N–H and O–H groups in total. The summed E-state index contributed by atoms with van der Waals surface area (Å²) in [6.45, 7) is 1.98. The van der Waals surface area contributed by atoms with E-state index in [-0.39, 0.29) is 5.91 Å². The molecule has 0 saturated carbocycles. The van der Waals surface area contributed by atoms with E-state index >= 15 is 0 Å². The van der Waals surface area contributed by atoms with Gasteiger partial charge in [-0.05, 0) is 46.6 Å². The number of aryl methyl sites for hydroxylation is 1. The Morgan fingerprint density at radius 1 is 1.39 bits per heavy atom. The molecule has 2 aromatic rings. The number of nitrogens with two attached hydrogens (primary N) is 1. The smallest absolute Gasteiger partial charge is 0.257 e. The van der Waals surface area contributed by atoms with Crippen molar-refractivity contribution in [1.82, 2.24) is 4.98 Å². The van der Waals surface area contributed by atoms with Crippen molar-refractivity contribution in [2.45, 2.75) is 6.92 Å². The Balaban J connectivity index is 2.24. The number of amides is 1. The number of rotatable bonds is 2. The minimum atomic E-state index is -0.251. The van der Waals surface area contributed by atoms with Crippen molar-refractivity contribution in [1.29, 1.82) is 0 Å². The van der Waals surface area contributed by atoms with Crippen LogP contribution in [0.5, 0.6) is 0 Å². The number of nitrogens with zero attached hydrogens (tertiary/aromatic N) is 1. The summed E-state index contributed by atoms with van der Waals surface area (Å²) in [4.78, 5) is 15.9. The van der Waals surface area contributed by atoms with Crippen molar-refractivity contribution in [2.24, 2.45) is 0 Å². The van der Waals surface area contributed by atoms with E-state index in [1.807, 2.05) is 25.1 Å². The van der Waals surface area contributed by atoms with Crippen LogP contribution in [0.3, 0.4) is 0 Å². The summed E-state index contributed by atoms with van der Waals surface area (Å²) < 4.78 is 0.837. The van der Waals surface area contributed by atoms with Crippen molar-refractivity contribution >= 4 is 33.2 Å². The predicted molar refractivity (Wildman–Crippen MR) is 75.5 cm³/mol. The van der Waals surface area contributed by atoms with Gasteiger partial charge < -0.3 is 11.1 Å². The van der Waals surface area contributed by atoms with Gasteiger partial charge >= 0.3 is 0 Å². The average Bonchev–Trinajstić information content (AvgIpc) is 2.33. The van der Waals surface area contributed by atoms with Gasteiger partial charge in [0.05, 0.1) is 23.1 Å². The van der Waals surface area contributed by atoms with Crippen LogP contribution in [0.4, 0.5) is 11.4 Å². The topological polar surface area (TPSA) is 68.0 Å². The van der Waals surface area contributed by atoms with Gasteiger partial charge in [-0.2, -0.15) is 0 Å². The molecule has 1 aromatic heterocycles. The standard InChI is InChI=1S/C13H12BrN3O/c1-8-2-3-12(10(14)6-8)17-13(18)9-4-5-16-7-11(9)15/h2-7H,15H2,1H3,(H,17,18). The molecular weight excluding hydrogens is 294 g/mol. The molecule has 18 heavy (non-hydrogen) atoms. The van der Waals surface area contributed by atoms with Crippen LogP contribution in [0.15, 0.2) is 41.1 Å². The predicted octanol–water partition coefficient (Wildman–Crippen LogP) is 2.99. The first-order valence-electron chi connectivity index (χ1n) is 5.35. The number of hydrogen-bond donors (Lipinski definition) is 2. The van der Waals surface area contributed by atoms with E-state index in [0.717, 1.165) is 10.0 Å². The highest BCUT2D eigenvalue weighted by atomic mass is 79.9. The van der Waals surface area contributed by atoms with E-state index in [1.54, 1.807) is 6.07 Å². The summed E-state index contributed by atoms with van der Waals surface area (Å²) in [7, 11) is 0. The first-order chi connectivity index (χ1) is 8.58. The van der Waals surface area contributed by atoms with E-state index in [4.69, 9.17) is 5.73 Å². The lowest BCUT2D eigenvalue weighted by molar-refractivity contribution is 0.102. The lowest BCUT2D eigenvalue weighted by atomic mass is 10.2. The van der Waals surface area contributed by atoms with Gasteiger partial charge in [0, 0.05) is 10.7 Å². The van der Waals surface area contributed by atoms with Gasteiger partial charge in [-0.25, -0.2) is 0 Å². The summed E-state index contributed by atoms with van der Waals surface area (Å²) in [5.74, 6) is -0.251. The highest BCUT2D eigenvalue weighted by Crippen LogP contribution is 2.24. The minimum absolute atomic E-state index is 0.251. The number of halogens is 1. The summed E-state index contributed by atoms with van der Waals surface area (Å²) in [6, 6.07) is 7.29. The maximum atomic E-state index is 12.0. The Hall–Kier alpha value is -1.88. The SMILES string of the molecule is Cc1ccc(NC(=O)c2ccncc2N)c(Br)c1. The molecule has 0 aliphatic carbocycles. The summed E-state index contributed by atoms with van der Waals surface area (Å²) >= 11 is 3.41. The number of nitrogen functional groups attached to an aromatic ring is 1. The van der Waals surface area contributed by atoms with Crippen molar-refractivity contribution < 1.29 is 4.79 Å². The number of pyridine rings is 1. The second kappa shape index (κ2) is 5.18. The zero-order chi connectivity index (χ0) is 13.1. The Bertz CT molecular complexity index is 599. The Morgan fingerprint density at radius 3 is 2.83 bits per heavy atom. The van der Waals surface area contributed by atoms with Crippen molar-refractivity contribution in [2.75, 3.05) is 11.1 Å². The Labute approximate surface area is 113 Å². The summed E-state index contributed by atoms with van der Waals surface area (Å²) in [5.41, 5.74) is 8.30. The zero-order valence-corrected chi connectivity index (χ0v) is 11.4. The molecule has 1 heterocycles. The van der Waals surface area contributed by atoms with Crippen LogP contribution in [0.25, 0.3) is 0 Å². The van der Waals surface area contributed by atoms with Gasteiger partial charge in [0.2, 0.25) is 0 Å². The molecule has 0 bridgehead atoms.